The van der Waals surface area contributed by atoms with E-state index in [1.807, 2.05) is 50.3 Å². The van der Waals surface area contributed by atoms with E-state index in [9.17, 15) is 24.4 Å². The van der Waals surface area contributed by atoms with Crippen LogP contribution >= 0.6 is 0 Å². The first-order valence-corrected chi connectivity index (χ1v) is 9.39. The number of imide groups is 1. The molecule has 5 amide bonds. The molecule has 156 valence electrons. The Labute approximate surface area is 169 Å². The zero-order valence-electron chi connectivity index (χ0n) is 16.4. The van der Waals surface area contributed by atoms with E-state index in [4.69, 9.17) is 0 Å². The van der Waals surface area contributed by atoms with E-state index < -0.39 is 35.6 Å². The Balaban J connectivity index is 2.17. The van der Waals surface area contributed by atoms with Crippen LogP contribution in [0.4, 0.5) is 4.79 Å². The summed E-state index contributed by atoms with van der Waals surface area (Å²) in [7, 11) is 0. The van der Waals surface area contributed by atoms with Crippen LogP contribution in [0.1, 0.15) is 32.3 Å². The van der Waals surface area contributed by atoms with Crippen molar-refractivity contribution in [3.63, 3.8) is 0 Å². The van der Waals surface area contributed by atoms with Crippen LogP contribution in [0.25, 0.3) is 6.08 Å². The van der Waals surface area contributed by atoms with Gasteiger partial charge in [0, 0.05) is 0 Å². The van der Waals surface area contributed by atoms with Crippen LogP contribution in [-0.2, 0) is 14.4 Å². The molecule has 1 aromatic rings. The van der Waals surface area contributed by atoms with Crippen LogP contribution in [0.15, 0.2) is 36.4 Å². The fourth-order valence-corrected chi connectivity index (χ4v) is 3.16. The van der Waals surface area contributed by atoms with Crippen LogP contribution in [0.5, 0.6) is 0 Å². The van der Waals surface area contributed by atoms with E-state index in [0.717, 1.165) is 10.6 Å². The van der Waals surface area contributed by atoms with Gasteiger partial charge in [-0.15, -0.1) is 0 Å². The van der Waals surface area contributed by atoms with E-state index in [1.165, 1.54) is 0 Å². The first kappa shape index (κ1) is 22.1. The first-order chi connectivity index (χ1) is 13.8. The number of hydrazine groups is 1. The number of nitrogens with zero attached hydrogens (tertiary/aromatic N) is 1. The van der Waals surface area contributed by atoms with Crippen LogP contribution in [0.2, 0.25) is 0 Å². The van der Waals surface area contributed by atoms with Gasteiger partial charge in [0.1, 0.15) is 6.54 Å². The maximum absolute atomic E-state index is 12.9. The zero-order valence-corrected chi connectivity index (χ0v) is 16.4. The highest BCUT2D eigenvalue weighted by Crippen LogP contribution is 2.25. The number of hydrogen-bond donors (Lipinski definition) is 4. The maximum atomic E-state index is 12.9. The van der Waals surface area contributed by atoms with Crippen LogP contribution in [-0.4, -0.2) is 40.5 Å². The van der Waals surface area contributed by atoms with Gasteiger partial charge in [0.15, 0.2) is 0 Å². The molecule has 0 aromatic heterocycles. The molecule has 9 heteroatoms. The van der Waals surface area contributed by atoms with Crippen LogP contribution in [0, 0.1) is 17.8 Å². The molecule has 2 unspecified atom stereocenters. The summed E-state index contributed by atoms with van der Waals surface area (Å²) in [4.78, 5) is 48.2. The monoisotopic (exact) mass is 402 g/mol. The molecule has 1 aromatic carbocycles. The van der Waals surface area contributed by atoms with Crippen molar-refractivity contribution in [3.05, 3.63) is 42.0 Å². The Morgan fingerprint density at radius 3 is 2.41 bits per heavy atom. The molecule has 0 saturated carbocycles. The molecule has 0 aliphatic carbocycles. The summed E-state index contributed by atoms with van der Waals surface area (Å²) in [5.41, 5.74) is 4.98. The Bertz CT molecular complexity index is 778. The molecular formula is C20H26N4O5. The summed E-state index contributed by atoms with van der Waals surface area (Å²) >= 11 is 0. The molecule has 0 bridgehead atoms. The molecule has 0 spiro atoms. The summed E-state index contributed by atoms with van der Waals surface area (Å²) in [5.74, 6) is -3.37. The number of carbonyl (C=O) groups excluding carboxylic acids is 4. The van der Waals surface area contributed by atoms with E-state index in [0.29, 0.717) is 6.42 Å². The number of amides is 5. The molecule has 4 N–H and O–H groups in total. The summed E-state index contributed by atoms with van der Waals surface area (Å²) in [6, 6.07) is 8.74. The Hall–Kier alpha value is -3.20. The van der Waals surface area contributed by atoms with Gasteiger partial charge in [-0.1, -0.05) is 56.3 Å². The van der Waals surface area contributed by atoms with Gasteiger partial charge in [-0.3, -0.25) is 30.3 Å². The second-order valence-electron chi connectivity index (χ2n) is 7.28. The molecule has 1 aliphatic rings. The highest BCUT2D eigenvalue weighted by Gasteiger charge is 2.36. The number of hydroxylamine groups is 1. The van der Waals surface area contributed by atoms with Crippen molar-refractivity contribution >= 4 is 29.8 Å². The van der Waals surface area contributed by atoms with Gasteiger partial charge < -0.3 is 0 Å². The third kappa shape index (κ3) is 6.42. The summed E-state index contributed by atoms with van der Waals surface area (Å²) in [6.07, 6.45) is 4.15. The molecule has 1 fully saturated rings. The average Bonchev–Trinajstić information content (AvgIpc) is 3.00. The zero-order chi connectivity index (χ0) is 21.4. The molecule has 9 nitrogen and oxygen atoms in total. The lowest BCUT2D eigenvalue weighted by molar-refractivity contribution is -0.142. The first-order valence-electron chi connectivity index (χ1n) is 9.39. The predicted octanol–water partition coefficient (Wildman–Crippen LogP) is 1.46. The number of hydrogen-bond acceptors (Lipinski definition) is 5. The summed E-state index contributed by atoms with van der Waals surface area (Å²) in [6.45, 7) is 3.52. The second-order valence-corrected chi connectivity index (χ2v) is 7.28. The van der Waals surface area contributed by atoms with Gasteiger partial charge in [-0.05, 0) is 24.3 Å². The second kappa shape index (κ2) is 10.4. The van der Waals surface area contributed by atoms with Gasteiger partial charge in [0.05, 0.1) is 11.8 Å². The van der Waals surface area contributed by atoms with Crippen molar-refractivity contribution in [2.75, 3.05) is 6.54 Å². The molecule has 1 heterocycles. The van der Waals surface area contributed by atoms with Crippen molar-refractivity contribution in [2.24, 2.45) is 17.8 Å². The van der Waals surface area contributed by atoms with Gasteiger partial charge in [-0.2, -0.15) is 0 Å². The number of nitrogens with one attached hydrogen (secondary N) is 3. The predicted molar refractivity (Wildman–Crippen MR) is 105 cm³/mol. The van der Waals surface area contributed by atoms with Gasteiger partial charge in [-0.25, -0.2) is 15.3 Å². The lowest BCUT2D eigenvalue weighted by Crippen LogP contribution is -2.49. The molecule has 29 heavy (non-hydrogen) atoms. The van der Waals surface area contributed by atoms with Gasteiger partial charge >= 0.3 is 6.03 Å². The molecule has 1 saturated heterocycles. The van der Waals surface area contributed by atoms with Crippen molar-refractivity contribution in [3.8, 4) is 0 Å². The van der Waals surface area contributed by atoms with Crippen LogP contribution < -0.4 is 16.2 Å². The number of carbonyl (C=O) groups is 4. The van der Waals surface area contributed by atoms with Gasteiger partial charge in [0.2, 0.25) is 17.7 Å². The van der Waals surface area contributed by atoms with Crippen molar-refractivity contribution in [2.45, 2.75) is 26.7 Å². The smallest absolute Gasteiger partial charge is 0.289 e. The number of urea groups is 1. The van der Waals surface area contributed by atoms with Gasteiger partial charge in [0.25, 0.3) is 0 Å². The fraction of sp³-hybridized carbons (Fsp3) is 0.400. The fourth-order valence-electron chi connectivity index (χ4n) is 3.16. The minimum absolute atomic E-state index is 0.0758. The minimum atomic E-state index is -0.858. The SMILES string of the molecule is CC(C)CC(C(=O)NN1CC(=O)NC1=O)C(C/C=C/c1ccccc1)C(=O)NO. The molecule has 0 radical (unpaired) electrons. The topological polar surface area (TPSA) is 128 Å². The van der Waals surface area contributed by atoms with Crippen molar-refractivity contribution < 1.29 is 24.4 Å². The maximum Gasteiger partial charge on any atom is 0.343 e. The van der Waals surface area contributed by atoms with E-state index in [1.54, 1.807) is 11.6 Å². The number of allylic oxidation sites excluding steroid dienone is 1. The lowest BCUT2D eigenvalue weighted by atomic mass is 9.82. The lowest BCUT2D eigenvalue weighted by Gasteiger charge is -2.27. The normalized spacial score (nSPS) is 16.1. The molecular weight excluding hydrogens is 376 g/mol. The molecule has 2 rings (SSSR count). The van der Waals surface area contributed by atoms with Crippen LogP contribution in [0.3, 0.4) is 0 Å². The largest absolute Gasteiger partial charge is 0.343 e. The Kier molecular flexibility index (Phi) is 7.90. The number of benzene rings is 1. The van der Waals surface area contributed by atoms with E-state index in [2.05, 4.69) is 10.7 Å². The third-order valence-electron chi connectivity index (χ3n) is 4.53. The quantitative estimate of drug-likeness (QED) is 0.282. The van der Waals surface area contributed by atoms with E-state index in [-0.39, 0.29) is 18.9 Å². The molecule has 2 atom stereocenters. The average molecular weight is 402 g/mol. The van der Waals surface area contributed by atoms with E-state index >= 15 is 0 Å². The molecule has 1 aliphatic heterocycles. The highest BCUT2D eigenvalue weighted by atomic mass is 16.5. The Morgan fingerprint density at radius 2 is 1.86 bits per heavy atom. The van der Waals surface area contributed by atoms with Crippen molar-refractivity contribution in [1.29, 1.82) is 0 Å². The summed E-state index contributed by atoms with van der Waals surface area (Å²) < 4.78 is 0. The third-order valence-corrected chi connectivity index (χ3v) is 4.53. The highest BCUT2D eigenvalue weighted by molar-refractivity contribution is 6.02. The standard InChI is InChI=1S/C20H26N4O5/c1-13(2)11-16(18(26)22-24-12-17(25)21-20(24)28)15(19(27)23-29)10-6-9-14-7-4-3-5-8-14/h3-9,13,15-16,29H,10-12H2,1-2H3,(H,22,26)(H,23,27)(H,21,25,28)/b9-6+. The summed E-state index contributed by atoms with van der Waals surface area (Å²) in [5, 5.41) is 12.1. The number of rotatable bonds is 9. The Morgan fingerprint density at radius 1 is 1.17 bits per heavy atom. The minimum Gasteiger partial charge on any atom is -0.289 e. The van der Waals surface area contributed by atoms with Crippen molar-refractivity contribution in [1.82, 2.24) is 21.2 Å².